The highest BCUT2D eigenvalue weighted by molar-refractivity contribution is 8.00. The lowest BCUT2D eigenvalue weighted by Gasteiger charge is -2.64. The van der Waals surface area contributed by atoms with Crippen LogP contribution in [0.15, 0.2) is 4.42 Å². The molecule has 0 bridgehead atoms. The molecule has 8 heteroatoms. The molecule has 1 aromatic heterocycles. The molecule has 4 saturated carbocycles. The van der Waals surface area contributed by atoms with Crippen LogP contribution in [0.25, 0.3) is 0 Å². The first-order chi connectivity index (χ1) is 17.4. The Balaban J connectivity index is 1.30. The Bertz CT molecular complexity index is 1070. The largest absolute Gasteiger partial charge is 0.408 e. The molecule has 12 atom stereocenters. The number of hydrogen-bond acceptors (Lipinski definition) is 6. The van der Waals surface area contributed by atoms with Crippen molar-refractivity contribution < 1.29 is 18.8 Å². The molecule has 0 amide bonds. The fourth-order valence-corrected chi connectivity index (χ4v) is 10.5. The lowest BCUT2D eigenvalue weighted by Crippen LogP contribution is -2.62. The number of fused-ring (bicyclic) bond motifs is 5. The van der Waals surface area contributed by atoms with Gasteiger partial charge in [0.05, 0.1) is 12.2 Å². The van der Waals surface area contributed by atoms with Crippen LogP contribution in [0.4, 0.5) is 6.01 Å². The van der Waals surface area contributed by atoms with E-state index < -0.39 is 9.71 Å². The van der Waals surface area contributed by atoms with Gasteiger partial charge in [0, 0.05) is 22.4 Å². The van der Waals surface area contributed by atoms with Crippen molar-refractivity contribution in [2.24, 2.45) is 52.3 Å². The summed E-state index contributed by atoms with van der Waals surface area (Å²) < 4.78 is 20.2. The van der Waals surface area contributed by atoms with Gasteiger partial charge < -0.3 is 14.6 Å². The first-order valence-electron chi connectivity index (χ1n) is 14.7. The number of aliphatic hydroxyl groups is 2. The molecule has 0 saturated heterocycles. The normalized spacial score (nSPS) is 45.8. The van der Waals surface area contributed by atoms with E-state index in [1.165, 1.54) is 31.9 Å². The molecule has 0 radical (unpaired) electrons. The van der Waals surface area contributed by atoms with Gasteiger partial charge in [-0.15, -0.1) is 5.10 Å². The van der Waals surface area contributed by atoms with Crippen LogP contribution in [0.5, 0.6) is 0 Å². The third-order valence-corrected chi connectivity index (χ3v) is 12.3. The van der Waals surface area contributed by atoms with Crippen molar-refractivity contribution in [2.45, 2.75) is 104 Å². The maximum Gasteiger partial charge on any atom is 0.327 e. The van der Waals surface area contributed by atoms with Gasteiger partial charge in [-0.1, -0.05) is 39.2 Å². The van der Waals surface area contributed by atoms with Crippen molar-refractivity contribution in [1.29, 1.82) is 0 Å². The molecule has 0 aliphatic heterocycles. The van der Waals surface area contributed by atoms with E-state index in [1.807, 2.05) is 0 Å². The van der Waals surface area contributed by atoms with Crippen LogP contribution in [0.2, 0.25) is 0 Å². The predicted octanol–water partition coefficient (Wildman–Crippen LogP) is 4.94. The van der Waals surface area contributed by atoms with Gasteiger partial charge in [-0.05, 0) is 109 Å². The van der Waals surface area contributed by atoms with Crippen LogP contribution in [-0.2, 0) is 16.1 Å². The molecule has 5 rings (SSSR count). The molecule has 3 N–H and O–H groups in total. The molecule has 7 nitrogen and oxygen atoms in total. The summed E-state index contributed by atoms with van der Waals surface area (Å²) in [5.74, 6) is 7.57. The van der Waals surface area contributed by atoms with Crippen LogP contribution in [0.3, 0.4) is 0 Å². The average molecular weight is 536 g/mol. The third-order valence-electron chi connectivity index (χ3n) is 11.7. The number of anilines is 1. The maximum atomic E-state index is 11.9. The number of aliphatic hydroxyl groups excluding tert-OH is 2. The van der Waals surface area contributed by atoms with Crippen LogP contribution < -0.4 is 4.72 Å². The minimum absolute atomic E-state index is 0.176. The van der Waals surface area contributed by atoms with E-state index >= 15 is 0 Å². The second-order valence-corrected chi connectivity index (χ2v) is 16.0. The Morgan fingerprint density at radius 3 is 2.51 bits per heavy atom. The van der Waals surface area contributed by atoms with Crippen LogP contribution in [0.1, 0.15) is 91.4 Å². The highest BCUT2D eigenvalue weighted by atomic mass is 32.2. The summed E-state index contributed by atoms with van der Waals surface area (Å²) in [5, 5.41) is 30.5. The van der Waals surface area contributed by atoms with Gasteiger partial charge in [0.2, 0.25) is 5.89 Å². The molecule has 1 aromatic rings. The van der Waals surface area contributed by atoms with Crippen molar-refractivity contribution in [3.8, 4) is 0 Å². The minimum Gasteiger partial charge on any atom is -0.408 e. The van der Waals surface area contributed by atoms with Crippen molar-refractivity contribution in [1.82, 2.24) is 10.2 Å². The Kier molecular flexibility index (Phi) is 7.28. The standard InChI is InChI=1S/C29H49N3O4S/c1-7-19-23-16-18(33)12-14-29(23,4)22-13-15-28(3)20(9-10-21(28)25(22)26(19)34)17(2)8-11-24-30-31-27(36-24)32-37(5,6)35/h17-23,25-26,33-34H,5,7-16H2,1-4,6H3,(H,31,32,35)/t17-,18-,19-,20-,21?,22?,23+,25+,26-,28-,29-,37?/m1/s1. The van der Waals surface area contributed by atoms with Crippen molar-refractivity contribution in [2.75, 3.05) is 11.0 Å². The fraction of sp³-hybridized carbons (Fsp3) is 0.897. The lowest BCUT2D eigenvalue weighted by molar-refractivity contribution is -0.203. The highest BCUT2D eigenvalue weighted by Gasteiger charge is 2.64. The molecule has 3 unspecified atom stereocenters. The van der Waals surface area contributed by atoms with E-state index in [0.29, 0.717) is 53.7 Å². The van der Waals surface area contributed by atoms with E-state index in [1.54, 1.807) is 0 Å². The number of nitrogens with one attached hydrogen (secondary N) is 1. The molecule has 0 spiro atoms. The van der Waals surface area contributed by atoms with Gasteiger partial charge in [-0.3, -0.25) is 4.72 Å². The summed E-state index contributed by atoms with van der Waals surface area (Å²) in [6, 6.07) is 0.176. The summed E-state index contributed by atoms with van der Waals surface area (Å²) in [5.41, 5.74) is 0.495. The zero-order chi connectivity index (χ0) is 26.8. The topological polar surface area (TPSA) is 108 Å². The number of nitrogens with zero attached hydrogens (tertiary/aromatic N) is 2. The quantitative estimate of drug-likeness (QED) is 0.427. The van der Waals surface area contributed by atoms with Crippen molar-refractivity contribution >= 4 is 21.6 Å². The molecule has 210 valence electrons. The molecule has 4 fully saturated rings. The zero-order valence-electron chi connectivity index (χ0n) is 23.5. The minimum atomic E-state index is -2.44. The fourth-order valence-electron chi connectivity index (χ4n) is 10.1. The second-order valence-electron chi connectivity index (χ2n) is 13.7. The number of hydrogen-bond donors (Lipinski definition) is 3. The van der Waals surface area contributed by atoms with Gasteiger partial charge in [0.1, 0.15) is 0 Å². The SMILES string of the molecule is C=S(C)(=O)Nc1nnc(CC[C@@H](C)[C@H]2CCC3[C@H]4C(CC[C@@]32C)[C@@]2(C)CC[C@@H](O)C[C@H]2[C@@H](CC)[C@H]4O)o1. The van der Waals surface area contributed by atoms with Gasteiger partial charge >= 0.3 is 6.01 Å². The first kappa shape index (κ1) is 27.4. The number of aryl methyl sites for hydroxylation is 1. The van der Waals surface area contributed by atoms with Crippen molar-refractivity contribution in [3.05, 3.63) is 5.89 Å². The van der Waals surface area contributed by atoms with Crippen LogP contribution in [-0.4, -0.2) is 49.0 Å². The third kappa shape index (κ3) is 4.77. The lowest BCUT2D eigenvalue weighted by atomic mass is 9.41. The van der Waals surface area contributed by atoms with E-state index in [2.05, 4.69) is 48.5 Å². The smallest absolute Gasteiger partial charge is 0.327 e. The van der Waals surface area contributed by atoms with E-state index in [0.717, 1.165) is 32.1 Å². The molecular formula is C29H49N3O4S. The molecule has 37 heavy (non-hydrogen) atoms. The number of rotatable bonds is 7. The predicted molar refractivity (Wildman–Crippen MR) is 148 cm³/mol. The maximum absolute atomic E-state index is 11.9. The van der Waals surface area contributed by atoms with Gasteiger partial charge in [0.25, 0.3) is 0 Å². The van der Waals surface area contributed by atoms with Gasteiger partial charge in [-0.2, -0.15) is 0 Å². The van der Waals surface area contributed by atoms with Crippen LogP contribution in [0, 0.1) is 52.3 Å². The summed E-state index contributed by atoms with van der Waals surface area (Å²) in [6.45, 7) is 9.65. The average Bonchev–Trinajstić information content (AvgIpc) is 3.41. The van der Waals surface area contributed by atoms with Gasteiger partial charge in [-0.25, -0.2) is 4.21 Å². The molecule has 1 heterocycles. The van der Waals surface area contributed by atoms with Crippen LogP contribution >= 0.6 is 0 Å². The Hall–Kier alpha value is -1.12. The molecular weight excluding hydrogens is 486 g/mol. The second kappa shape index (κ2) is 9.81. The van der Waals surface area contributed by atoms with E-state index in [9.17, 15) is 14.4 Å². The Morgan fingerprint density at radius 2 is 1.81 bits per heavy atom. The first-order valence-corrected chi connectivity index (χ1v) is 16.8. The van der Waals surface area contributed by atoms with Crippen molar-refractivity contribution in [3.63, 3.8) is 0 Å². The summed E-state index contributed by atoms with van der Waals surface area (Å²) >= 11 is 0. The zero-order valence-corrected chi connectivity index (χ0v) is 24.3. The van der Waals surface area contributed by atoms with E-state index in [4.69, 9.17) is 4.42 Å². The highest BCUT2D eigenvalue weighted by Crippen LogP contribution is 2.69. The Labute approximate surface area is 223 Å². The monoisotopic (exact) mass is 535 g/mol. The molecule has 0 aromatic carbocycles. The summed E-state index contributed by atoms with van der Waals surface area (Å²) in [4.78, 5) is 0. The van der Waals surface area contributed by atoms with E-state index in [-0.39, 0.29) is 29.1 Å². The van der Waals surface area contributed by atoms with Gasteiger partial charge in [0.15, 0.2) is 0 Å². The molecule has 4 aliphatic carbocycles. The number of aromatic nitrogens is 2. The Morgan fingerprint density at radius 1 is 1.11 bits per heavy atom. The summed E-state index contributed by atoms with van der Waals surface area (Å²) in [6.07, 6.45) is 11.5. The molecule has 4 aliphatic rings. The summed E-state index contributed by atoms with van der Waals surface area (Å²) in [7, 11) is -2.44.